The Morgan fingerprint density at radius 2 is 1.67 bits per heavy atom. The van der Waals surface area contributed by atoms with E-state index in [1.807, 2.05) is 24.3 Å². The Morgan fingerprint density at radius 3 is 2.33 bits per heavy atom. The van der Waals surface area contributed by atoms with E-state index in [9.17, 15) is 5.26 Å². The summed E-state index contributed by atoms with van der Waals surface area (Å²) in [5, 5.41) is 26.8. The minimum atomic E-state index is -0.0465. The first-order valence-electron chi connectivity index (χ1n) is 8.45. The van der Waals surface area contributed by atoms with Crippen molar-refractivity contribution in [1.82, 2.24) is 9.80 Å². The van der Waals surface area contributed by atoms with Crippen LogP contribution in [0.25, 0.3) is 0 Å². The van der Waals surface area contributed by atoms with E-state index in [1.54, 1.807) is 0 Å². The molecule has 24 heavy (non-hydrogen) atoms. The maximum atomic E-state index is 9.22. The summed E-state index contributed by atoms with van der Waals surface area (Å²) in [6.45, 7) is 5.66. The molecule has 0 aromatic heterocycles. The summed E-state index contributed by atoms with van der Waals surface area (Å²) >= 11 is 0. The molecule has 0 N–H and O–H groups in total. The largest absolute Gasteiger partial charge is 0.301 e. The van der Waals surface area contributed by atoms with Gasteiger partial charge in [0.15, 0.2) is 0 Å². The lowest BCUT2D eigenvalue weighted by Gasteiger charge is -2.23. The fourth-order valence-corrected chi connectivity index (χ4v) is 3.06. The van der Waals surface area contributed by atoms with Crippen molar-refractivity contribution in [2.24, 2.45) is 5.92 Å². The van der Waals surface area contributed by atoms with Gasteiger partial charge < -0.3 is 4.90 Å². The first-order chi connectivity index (χ1) is 11.7. The fraction of sp³-hybridized carbons (Fsp3) is 0.526. The van der Waals surface area contributed by atoms with Crippen molar-refractivity contribution in [1.29, 1.82) is 15.8 Å². The Labute approximate surface area is 144 Å². The van der Waals surface area contributed by atoms with Gasteiger partial charge >= 0.3 is 0 Å². The quantitative estimate of drug-likeness (QED) is 0.804. The molecule has 1 fully saturated rings. The van der Waals surface area contributed by atoms with E-state index in [1.165, 1.54) is 5.56 Å². The molecule has 0 bridgehead atoms. The van der Waals surface area contributed by atoms with Gasteiger partial charge in [-0.15, -0.1) is 0 Å². The van der Waals surface area contributed by atoms with Crippen molar-refractivity contribution in [3.05, 3.63) is 35.4 Å². The van der Waals surface area contributed by atoms with E-state index in [0.29, 0.717) is 18.4 Å². The van der Waals surface area contributed by atoms with Crippen molar-refractivity contribution < 1.29 is 0 Å². The van der Waals surface area contributed by atoms with E-state index in [2.05, 4.69) is 28.0 Å². The summed E-state index contributed by atoms with van der Waals surface area (Å²) in [7, 11) is 0. The van der Waals surface area contributed by atoms with E-state index in [-0.39, 0.29) is 5.92 Å². The van der Waals surface area contributed by atoms with Gasteiger partial charge in [-0.2, -0.15) is 15.8 Å². The van der Waals surface area contributed by atoms with Crippen LogP contribution in [0.5, 0.6) is 0 Å². The van der Waals surface area contributed by atoms with Gasteiger partial charge in [0.05, 0.1) is 29.7 Å². The van der Waals surface area contributed by atoms with E-state index in [4.69, 9.17) is 10.5 Å². The molecule has 0 spiro atoms. The van der Waals surface area contributed by atoms with Crippen LogP contribution in [-0.4, -0.2) is 42.5 Å². The minimum Gasteiger partial charge on any atom is -0.301 e. The van der Waals surface area contributed by atoms with Gasteiger partial charge in [-0.05, 0) is 43.6 Å². The standard InChI is InChI=1S/C19H23N5/c20-8-1-3-19(14-22)16-24-10-2-9-23(11-12-24)15-18-6-4-17(13-21)5-7-18/h4-7,19H,1-3,9-12,15-16H2/t19-/m0/s1. The molecule has 124 valence electrons. The van der Waals surface area contributed by atoms with E-state index in [0.717, 1.165) is 45.7 Å². The topological polar surface area (TPSA) is 77.8 Å². The van der Waals surface area contributed by atoms with Crippen LogP contribution in [0.3, 0.4) is 0 Å². The maximum absolute atomic E-state index is 9.22. The lowest BCUT2D eigenvalue weighted by molar-refractivity contribution is 0.236. The van der Waals surface area contributed by atoms with Gasteiger partial charge in [-0.1, -0.05) is 12.1 Å². The molecule has 0 amide bonds. The molecule has 1 atom stereocenters. The van der Waals surface area contributed by atoms with Crippen LogP contribution in [0.4, 0.5) is 0 Å². The molecule has 5 heteroatoms. The van der Waals surface area contributed by atoms with Gasteiger partial charge in [0.1, 0.15) is 0 Å². The average molecular weight is 321 g/mol. The van der Waals surface area contributed by atoms with Crippen molar-refractivity contribution >= 4 is 0 Å². The number of rotatable bonds is 6. The summed E-state index contributed by atoms with van der Waals surface area (Å²) in [4.78, 5) is 4.78. The second-order valence-electron chi connectivity index (χ2n) is 6.26. The monoisotopic (exact) mass is 321 g/mol. The van der Waals surface area contributed by atoms with Crippen LogP contribution >= 0.6 is 0 Å². The Bertz CT molecular complexity index is 632. The second-order valence-corrected chi connectivity index (χ2v) is 6.26. The average Bonchev–Trinajstić information content (AvgIpc) is 2.84. The van der Waals surface area contributed by atoms with Crippen LogP contribution in [0.2, 0.25) is 0 Å². The summed E-state index contributed by atoms with van der Waals surface area (Å²) in [5.74, 6) is -0.0465. The normalized spacial score (nSPS) is 17.2. The van der Waals surface area contributed by atoms with Crippen LogP contribution in [0.1, 0.15) is 30.4 Å². The zero-order chi connectivity index (χ0) is 17.2. The molecule has 1 aliphatic heterocycles. The van der Waals surface area contributed by atoms with Gasteiger partial charge in [0, 0.05) is 32.6 Å². The van der Waals surface area contributed by atoms with Crippen molar-refractivity contribution in [3.8, 4) is 18.2 Å². The molecule has 0 saturated carbocycles. The lowest BCUT2D eigenvalue weighted by atomic mass is 10.0. The molecule has 1 aromatic carbocycles. The minimum absolute atomic E-state index is 0.0465. The molecule has 0 aliphatic carbocycles. The highest BCUT2D eigenvalue weighted by atomic mass is 15.2. The molecule has 0 unspecified atom stereocenters. The SMILES string of the molecule is N#CCC[C@@H](C#N)CN1CCCN(Cc2ccc(C#N)cc2)CC1. The predicted octanol–water partition coefficient (Wildman–Crippen LogP) is 2.51. The van der Waals surface area contributed by atoms with Gasteiger partial charge in [0.25, 0.3) is 0 Å². The maximum Gasteiger partial charge on any atom is 0.0991 e. The highest BCUT2D eigenvalue weighted by molar-refractivity contribution is 5.31. The third-order valence-electron chi connectivity index (χ3n) is 4.44. The zero-order valence-corrected chi connectivity index (χ0v) is 14.0. The fourth-order valence-electron chi connectivity index (χ4n) is 3.06. The third-order valence-corrected chi connectivity index (χ3v) is 4.44. The number of benzene rings is 1. The Morgan fingerprint density at radius 1 is 0.958 bits per heavy atom. The van der Waals surface area contributed by atoms with Gasteiger partial charge in [-0.25, -0.2) is 0 Å². The van der Waals surface area contributed by atoms with Crippen LogP contribution < -0.4 is 0 Å². The molecular formula is C19H23N5. The molecule has 2 rings (SSSR count). The summed E-state index contributed by atoms with van der Waals surface area (Å²) in [6.07, 6.45) is 2.21. The molecule has 1 saturated heterocycles. The molecule has 5 nitrogen and oxygen atoms in total. The number of hydrogen-bond donors (Lipinski definition) is 0. The van der Waals surface area contributed by atoms with Crippen LogP contribution in [0.15, 0.2) is 24.3 Å². The van der Waals surface area contributed by atoms with E-state index >= 15 is 0 Å². The molecule has 1 heterocycles. The summed E-state index contributed by atoms with van der Waals surface area (Å²) < 4.78 is 0. The Kier molecular flexibility index (Phi) is 7.24. The first-order valence-corrected chi connectivity index (χ1v) is 8.45. The van der Waals surface area contributed by atoms with E-state index < -0.39 is 0 Å². The van der Waals surface area contributed by atoms with Crippen molar-refractivity contribution in [2.75, 3.05) is 32.7 Å². The highest BCUT2D eigenvalue weighted by Gasteiger charge is 2.18. The third kappa shape index (κ3) is 5.67. The Hall–Kier alpha value is -2.39. The van der Waals surface area contributed by atoms with Crippen molar-refractivity contribution in [3.63, 3.8) is 0 Å². The highest BCUT2D eigenvalue weighted by Crippen LogP contribution is 2.13. The van der Waals surface area contributed by atoms with Crippen LogP contribution in [0, 0.1) is 39.9 Å². The van der Waals surface area contributed by atoms with Gasteiger partial charge in [-0.3, -0.25) is 4.90 Å². The van der Waals surface area contributed by atoms with Crippen molar-refractivity contribution in [2.45, 2.75) is 25.8 Å². The zero-order valence-electron chi connectivity index (χ0n) is 14.0. The number of nitrogens with zero attached hydrogens (tertiary/aromatic N) is 5. The summed E-state index contributed by atoms with van der Waals surface area (Å²) in [6, 6.07) is 14.4. The molecule has 1 aliphatic rings. The first kappa shape index (κ1) is 18.0. The predicted molar refractivity (Wildman–Crippen MR) is 91.4 cm³/mol. The van der Waals surface area contributed by atoms with Crippen LogP contribution in [-0.2, 0) is 6.54 Å². The molecule has 0 radical (unpaired) electrons. The second kappa shape index (κ2) is 9.68. The number of nitriles is 3. The smallest absolute Gasteiger partial charge is 0.0991 e. The Balaban J connectivity index is 1.82. The summed E-state index contributed by atoms with van der Waals surface area (Å²) in [5.41, 5.74) is 1.92. The lowest BCUT2D eigenvalue weighted by Crippen LogP contribution is -2.33. The number of hydrogen-bond acceptors (Lipinski definition) is 5. The molecule has 1 aromatic rings. The van der Waals surface area contributed by atoms with Gasteiger partial charge in [0.2, 0.25) is 0 Å². The molecular weight excluding hydrogens is 298 g/mol.